The summed E-state index contributed by atoms with van der Waals surface area (Å²) >= 11 is -1.81. The Bertz CT molecular complexity index is 235. The van der Waals surface area contributed by atoms with Gasteiger partial charge in [0.1, 0.15) is 0 Å². The van der Waals surface area contributed by atoms with Gasteiger partial charge in [-0.25, -0.2) is 0 Å². The normalized spacial score (nSPS) is 12.8. The topological polar surface area (TPSA) is 43.1 Å². The molecule has 2 nitrogen and oxygen atoms in total. The van der Waals surface area contributed by atoms with E-state index in [9.17, 15) is 3.83 Å². The zero-order valence-electron chi connectivity index (χ0n) is 6.19. The fraction of sp³-hybridized carbons (Fsp3) is 0.250. The molecule has 1 unspecified atom stereocenters. The van der Waals surface area contributed by atoms with Crippen molar-refractivity contribution in [1.29, 1.82) is 0 Å². The van der Waals surface area contributed by atoms with Crippen LogP contribution in [0.1, 0.15) is 0 Å². The van der Waals surface area contributed by atoms with E-state index >= 15 is 0 Å². The third kappa shape index (κ3) is 2.54. The molecular weight excluding hydrogens is 205 g/mol. The Labute approximate surface area is 70.5 Å². The quantitative estimate of drug-likeness (QED) is 0.737. The number of hydrogen-bond acceptors (Lipinski definition) is 2. The summed E-state index contributed by atoms with van der Waals surface area (Å²) in [6.07, 6.45) is 0. The average Bonchev–Trinajstić information content (AvgIpc) is 2.07. The van der Waals surface area contributed by atoms with E-state index in [0.29, 0.717) is 11.9 Å². The van der Waals surface area contributed by atoms with Crippen LogP contribution in [-0.4, -0.2) is 20.4 Å². The molecule has 0 amide bonds. The zero-order chi connectivity index (χ0) is 8.10. The molecule has 11 heavy (non-hydrogen) atoms. The summed E-state index contributed by atoms with van der Waals surface area (Å²) in [6.45, 7) is 0.517. The summed E-state index contributed by atoms with van der Waals surface area (Å²) in [5.41, 5.74) is 5.30. The van der Waals surface area contributed by atoms with Gasteiger partial charge in [0.15, 0.2) is 0 Å². The molecule has 0 saturated heterocycles. The van der Waals surface area contributed by atoms with Crippen molar-refractivity contribution in [2.24, 2.45) is 5.73 Å². The van der Waals surface area contributed by atoms with Gasteiger partial charge in [0, 0.05) is 0 Å². The molecule has 0 radical (unpaired) electrons. The summed E-state index contributed by atoms with van der Waals surface area (Å²) in [6, 6.07) is 9.52. The molecular formula is C8H11NOSe. The minimum absolute atomic E-state index is 0.517. The molecule has 3 heteroatoms. The maximum absolute atomic E-state index is 11.4. The third-order valence-electron chi connectivity index (χ3n) is 1.31. The van der Waals surface area contributed by atoms with Crippen molar-refractivity contribution in [3.8, 4) is 0 Å². The molecule has 1 atom stereocenters. The molecule has 0 bridgehead atoms. The van der Waals surface area contributed by atoms with E-state index in [1.807, 2.05) is 30.3 Å². The Morgan fingerprint density at radius 2 is 1.91 bits per heavy atom. The Hall–Kier alpha value is -0.501. The van der Waals surface area contributed by atoms with Crippen molar-refractivity contribution in [3.05, 3.63) is 30.3 Å². The van der Waals surface area contributed by atoms with Gasteiger partial charge in [-0.1, -0.05) is 0 Å². The molecule has 2 N–H and O–H groups in total. The minimum atomic E-state index is -1.81. The fourth-order valence-corrected chi connectivity index (χ4v) is 2.71. The Morgan fingerprint density at radius 3 is 2.45 bits per heavy atom. The number of hydrogen-bond donors (Lipinski definition) is 1. The summed E-state index contributed by atoms with van der Waals surface area (Å²) in [5, 5.41) is 0.643. The van der Waals surface area contributed by atoms with Crippen LogP contribution >= 0.6 is 0 Å². The maximum atomic E-state index is 11.4. The van der Waals surface area contributed by atoms with E-state index < -0.39 is 13.8 Å². The van der Waals surface area contributed by atoms with Gasteiger partial charge in [0.25, 0.3) is 0 Å². The first-order valence-corrected chi connectivity index (χ1v) is 6.25. The van der Waals surface area contributed by atoms with Gasteiger partial charge in [-0.15, -0.1) is 0 Å². The van der Waals surface area contributed by atoms with Crippen LogP contribution in [0.25, 0.3) is 0 Å². The van der Waals surface area contributed by atoms with Crippen molar-refractivity contribution >= 4 is 18.3 Å². The van der Waals surface area contributed by atoms with Crippen LogP contribution in [0.15, 0.2) is 30.3 Å². The second-order valence-electron chi connectivity index (χ2n) is 2.15. The van der Waals surface area contributed by atoms with Crippen LogP contribution in [0.2, 0.25) is 5.32 Å². The molecule has 0 heterocycles. The molecule has 0 spiro atoms. The monoisotopic (exact) mass is 217 g/mol. The van der Waals surface area contributed by atoms with Crippen molar-refractivity contribution in [1.82, 2.24) is 0 Å². The predicted molar refractivity (Wildman–Crippen MR) is 46.4 cm³/mol. The van der Waals surface area contributed by atoms with Crippen LogP contribution in [-0.2, 0) is 3.83 Å². The van der Waals surface area contributed by atoms with Crippen molar-refractivity contribution in [2.45, 2.75) is 5.32 Å². The Kier molecular flexibility index (Phi) is 3.43. The Balaban J connectivity index is 2.69. The van der Waals surface area contributed by atoms with Gasteiger partial charge >= 0.3 is 70.1 Å². The molecule has 0 fully saturated rings. The van der Waals surface area contributed by atoms with E-state index in [-0.39, 0.29) is 0 Å². The number of rotatable bonds is 3. The Morgan fingerprint density at radius 1 is 1.27 bits per heavy atom. The van der Waals surface area contributed by atoms with Crippen molar-refractivity contribution in [3.63, 3.8) is 0 Å². The predicted octanol–water partition coefficient (Wildman–Crippen LogP) is 0.274. The van der Waals surface area contributed by atoms with E-state index in [1.165, 1.54) is 0 Å². The van der Waals surface area contributed by atoms with Crippen molar-refractivity contribution in [2.75, 3.05) is 6.54 Å². The van der Waals surface area contributed by atoms with Gasteiger partial charge in [-0.05, 0) is 0 Å². The molecule has 0 aliphatic rings. The van der Waals surface area contributed by atoms with Crippen LogP contribution in [0.5, 0.6) is 0 Å². The van der Waals surface area contributed by atoms with Crippen molar-refractivity contribution < 1.29 is 3.83 Å². The fourth-order valence-electron chi connectivity index (χ4n) is 0.797. The van der Waals surface area contributed by atoms with Gasteiger partial charge in [0.05, 0.1) is 0 Å². The van der Waals surface area contributed by atoms with E-state index in [4.69, 9.17) is 5.73 Å². The molecule has 0 aliphatic carbocycles. The summed E-state index contributed by atoms with van der Waals surface area (Å²) < 4.78 is 12.3. The first kappa shape index (κ1) is 8.59. The third-order valence-corrected chi connectivity index (χ3v) is 4.26. The summed E-state index contributed by atoms with van der Waals surface area (Å²) in [7, 11) is 0. The standard InChI is InChI=1S/C8H11NOSe/c9-6-7-11(10)8-4-2-1-3-5-8/h1-5H,6-7,9H2. The summed E-state index contributed by atoms with van der Waals surface area (Å²) in [4.78, 5) is 0. The van der Waals surface area contributed by atoms with Gasteiger partial charge < -0.3 is 0 Å². The molecule has 1 rings (SSSR count). The number of nitrogens with two attached hydrogens (primary N) is 1. The SMILES string of the molecule is NCC[Se](=O)c1ccccc1. The first-order chi connectivity index (χ1) is 5.34. The molecule has 0 aromatic heterocycles. The molecule has 0 aliphatic heterocycles. The van der Waals surface area contributed by atoms with Crippen LogP contribution < -0.4 is 10.2 Å². The molecule has 60 valence electrons. The average molecular weight is 216 g/mol. The molecule has 1 aromatic rings. The van der Waals surface area contributed by atoms with Crippen LogP contribution in [0.3, 0.4) is 0 Å². The van der Waals surface area contributed by atoms with Gasteiger partial charge in [0.2, 0.25) is 0 Å². The van der Waals surface area contributed by atoms with E-state index in [2.05, 4.69) is 0 Å². The molecule has 1 aromatic carbocycles. The van der Waals surface area contributed by atoms with Crippen LogP contribution in [0, 0.1) is 0 Å². The number of benzene rings is 1. The second kappa shape index (κ2) is 4.39. The van der Waals surface area contributed by atoms with E-state index in [1.54, 1.807) is 0 Å². The zero-order valence-corrected chi connectivity index (χ0v) is 7.91. The second-order valence-corrected chi connectivity index (χ2v) is 5.45. The van der Waals surface area contributed by atoms with E-state index in [0.717, 1.165) is 4.46 Å². The van der Waals surface area contributed by atoms with Crippen LogP contribution in [0.4, 0.5) is 0 Å². The van der Waals surface area contributed by atoms with Gasteiger partial charge in [-0.2, -0.15) is 0 Å². The molecule has 0 saturated carbocycles. The summed E-state index contributed by atoms with van der Waals surface area (Å²) in [5.74, 6) is 0. The first-order valence-electron chi connectivity index (χ1n) is 3.48. The van der Waals surface area contributed by atoms with Gasteiger partial charge in [-0.3, -0.25) is 0 Å².